The van der Waals surface area contributed by atoms with Gasteiger partial charge in [0.05, 0.1) is 0 Å². The van der Waals surface area contributed by atoms with Crippen LogP contribution in [0.4, 0.5) is 0 Å². The van der Waals surface area contributed by atoms with Crippen LogP contribution in [0.15, 0.2) is 18.2 Å². The summed E-state index contributed by atoms with van der Waals surface area (Å²) in [6.07, 6.45) is 10.9. The van der Waals surface area contributed by atoms with Gasteiger partial charge >= 0.3 is 0 Å². The van der Waals surface area contributed by atoms with E-state index in [-0.39, 0.29) is 0 Å². The molecule has 3 rings (SSSR count). The summed E-state index contributed by atoms with van der Waals surface area (Å²) < 4.78 is 0. The lowest BCUT2D eigenvalue weighted by Crippen LogP contribution is -2.40. The maximum absolute atomic E-state index is 3.79. The Morgan fingerprint density at radius 3 is 2.81 bits per heavy atom. The highest BCUT2D eigenvalue weighted by Gasteiger charge is 2.26. The van der Waals surface area contributed by atoms with Gasteiger partial charge in [0.2, 0.25) is 0 Å². The molecule has 1 nitrogen and oxygen atoms in total. The normalized spacial score (nSPS) is 26.6. The Bertz CT molecular complexity index is 465. The minimum absolute atomic E-state index is 0.678. The Morgan fingerprint density at radius 1 is 1.14 bits per heavy atom. The largest absolute Gasteiger partial charge is 0.314 e. The molecule has 0 aliphatic heterocycles. The zero-order chi connectivity index (χ0) is 14.7. The monoisotopic (exact) mass is 285 g/mol. The SMILES string of the molecule is CCNC(Cc1ccc2c(c1)CCC2)C1CCCC(C)C1. The average Bonchev–Trinajstić information content (AvgIpc) is 2.94. The molecule has 3 unspecified atom stereocenters. The minimum atomic E-state index is 0.678. The molecule has 1 heteroatoms. The highest BCUT2D eigenvalue weighted by Crippen LogP contribution is 2.32. The van der Waals surface area contributed by atoms with E-state index in [4.69, 9.17) is 0 Å². The van der Waals surface area contributed by atoms with Gasteiger partial charge in [-0.15, -0.1) is 0 Å². The van der Waals surface area contributed by atoms with Gasteiger partial charge in [0.15, 0.2) is 0 Å². The summed E-state index contributed by atoms with van der Waals surface area (Å²) in [5.41, 5.74) is 4.78. The van der Waals surface area contributed by atoms with Crippen molar-refractivity contribution >= 4 is 0 Å². The number of rotatable bonds is 5. The van der Waals surface area contributed by atoms with Crippen LogP contribution in [-0.2, 0) is 19.3 Å². The van der Waals surface area contributed by atoms with Crippen molar-refractivity contribution in [2.75, 3.05) is 6.54 Å². The fourth-order valence-electron chi connectivity index (χ4n) is 4.52. The molecule has 3 atom stereocenters. The first-order valence-corrected chi connectivity index (χ1v) is 9.10. The van der Waals surface area contributed by atoms with Crippen molar-refractivity contribution in [2.24, 2.45) is 11.8 Å². The molecule has 0 amide bonds. The van der Waals surface area contributed by atoms with E-state index in [0.717, 1.165) is 18.4 Å². The molecule has 2 aliphatic rings. The number of nitrogens with one attached hydrogen (secondary N) is 1. The minimum Gasteiger partial charge on any atom is -0.314 e. The maximum Gasteiger partial charge on any atom is 0.0136 e. The highest BCUT2D eigenvalue weighted by atomic mass is 14.9. The van der Waals surface area contributed by atoms with Crippen molar-refractivity contribution in [1.82, 2.24) is 5.32 Å². The summed E-state index contributed by atoms with van der Waals surface area (Å²) in [7, 11) is 0. The zero-order valence-electron chi connectivity index (χ0n) is 13.8. The molecular weight excluding hydrogens is 254 g/mol. The van der Waals surface area contributed by atoms with Crippen molar-refractivity contribution in [1.29, 1.82) is 0 Å². The molecule has 0 radical (unpaired) electrons. The Morgan fingerprint density at radius 2 is 2.00 bits per heavy atom. The third-order valence-electron chi connectivity index (χ3n) is 5.63. The predicted octanol–water partition coefficient (Wildman–Crippen LogP) is 4.52. The van der Waals surface area contributed by atoms with Crippen molar-refractivity contribution < 1.29 is 0 Å². The summed E-state index contributed by atoms with van der Waals surface area (Å²) in [6.45, 7) is 5.78. The van der Waals surface area contributed by atoms with Crippen molar-refractivity contribution in [3.8, 4) is 0 Å². The smallest absolute Gasteiger partial charge is 0.0136 e. The van der Waals surface area contributed by atoms with Gasteiger partial charge in [-0.3, -0.25) is 0 Å². The van der Waals surface area contributed by atoms with E-state index in [9.17, 15) is 0 Å². The molecule has 2 aliphatic carbocycles. The van der Waals surface area contributed by atoms with Gasteiger partial charge in [-0.05, 0) is 73.6 Å². The molecule has 1 aromatic carbocycles. The van der Waals surface area contributed by atoms with Crippen molar-refractivity contribution in [2.45, 2.75) is 71.3 Å². The van der Waals surface area contributed by atoms with Crippen LogP contribution in [0.2, 0.25) is 0 Å². The summed E-state index contributed by atoms with van der Waals surface area (Å²) in [5, 5.41) is 3.79. The third-order valence-corrected chi connectivity index (χ3v) is 5.63. The predicted molar refractivity (Wildman–Crippen MR) is 90.8 cm³/mol. The van der Waals surface area contributed by atoms with E-state index in [0.29, 0.717) is 6.04 Å². The van der Waals surface area contributed by atoms with Gasteiger partial charge in [0.1, 0.15) is 0 Å². The number of hydrogen-bond acceptors (Lipinski definition) is 1. The maximum atomic E-state index is 3.79. The lowest BCUT2D eigenvalue weighted by molar-refractivity contribution is 0.222. The summed E-state index contributed by atoms with van der Waals surface area (Å²) >= 11 is 0. The van der Waals surface area contributed by atoms with Gasteiger partial charge in [0.25, 0.3) is 0 Å². The Balaban J connectivity index is 1.69. The standard InChI is InChI=1S/C20H31N/c1-3-21-20(19-9-4-6-15(2)12-19)14-16-10-11-17-7-5-8-18(17)13-16/h10-11,13,15,19-21H,3-9,12,14H2,1-2H3. The molecule has 0 bridgehead atoms. The second kappa shape index (κ2) is 6.96. The van der Waals surface area contributed by atoms with Gasteiger partial charge in [-0.1, -0.05) is 44.9 Å². The molecule has 0 saturated heterocycles. The number of benzene rings is 1. The Labute approximate surface area is 130 Å². The molecule has 21 heavy (non-hydrogen) atoms. The van der Waals surface area contributed by atoms with Gasteiger partial charge in [0, 0.05) is 6.04 Å². The molecule has 1 fully saturated rings. The number of aryl methyl sites for hydroxylation is 2. The van der Waals surface area contributed by atoms with Crippen LogP contribution in [0.3, 0.4) is 0 Å². The zero-order valence-corrected chi connectivity index (χ0v) is 13.8. The van der Waals surface area contributed by atoms with E-state index >= 15 is 0 Å². The van der Waals surface area contributed by atoms with Crippen LogP contribution in [0.25, 0.3) is 0 Å². The number of fused-ring (bicyclic) bond motifs is 1. The average molecular weight is 285 g/mol. The van der Waals surface area contributed by atoms with Crippen LogP contribution in [0, 0.1) is 11.8 Å². The lowest BCUT2D eigenvalue weighted by atomic mass is 9.77. The molecule has 0 aromatic heterocycles. The van der Waals surface area contributed by atoms with E-state index in [2.05, 4.69) is 37.4 Å². The summed E-state index contributed by atoms with van der Waals surface area (Å²) in [5.74, 6) is 1.80. The highest BCUT2D eigenvalue weighted by molar-refractivity contribution is 5.35. The first-order valence-electron chi connectivity index (χ1n) is 9.10. The molecule has 1 N–H and O–H groups in total. The number of hydrogen-bond donors (Lipinski definition) is 1. The second-order valence-corrected chi connectivity index (χ2v) is 7.36. The lowest BCUT2D eigenvalue weighted by Gasteiger charge is -2.34. The van der Waals surface area contributed by atoms with Crippen LogP contribution < -0.4 is 5.32 Å². The van der Waals surface area contributed by atoms with Gasteiger partial charge in [-0.2, -0.15) is 0 Å². The molecule has 116 valence electrons. The van der Waals surface area contributed by atoms with E-state index in [1.165, 1.54) is 51.4 Å². The quantitative estimate of drug-likeness (QED) is 0.838. The number of likely N-dealkylation sites (N-methyl/N-ethyl adjacent to an activating group) is 1. The van der Waals surface area contributed by atoms with Crippen molar-refractivity contribution in [3.63, 3.8) is 0 Å². The van der Waals surface area contributed by atoms with E-state index < -0.39 is 0 Å². The van der Waals surface area contributed by atoms with Crippen LogP contribution in [-0.4, -0.2) is 12.6 Å². The first kappa shape index (κ1) is 15.1. The molecule has 0 heterocycles. The van der Waals surface area contributed by atoms with Crippen LogP contribution in [0.5, 0.6) is 0 Å². The summed E-state index contributed by atoms with van der Waals surface area (Å²) in [4.78, 5) is 0. The Hall–Kier alpha value is -0.820. The van der Waals surface area contributed by atoms with E-state index in [1.807, 2.05) is 0 Å². The fourth-order valence-corrected chi connectivity index (χ4v) is 4.52. The molecule has 1 saturated carbocycles. The fraction of sp³-hybridized carbons (Fsp3) is 0.700. The van der Waals surface area contributed by atoms with Crippen LogP contribution >= 0.6 is 0 Å². The molecule has 1 aromatic rings. The van der Waals surface area contributed by atoms with Gasteiger partial charge < -0.3 is 5.32 Å². The molecular formula is C20H31N. The Kier molecular flexibility index (Phi) is 5.00. The van der Waals surface area contributed by atoms with Gasteiger partial charge in [-0.25, -0.2) is 0 Å². The second-order valence-electron chi connectivity index (χ2n) is 7.36. The van der Waals surface area contributed by atoms with Crippen molar-refractivity contribution in [3.05, 3.63) is 34.9 Å². The third kappa shape index (κ3) is 3.69. The van der Waals surface area contributed by atoms with Crippen LogP contribution in [0.1, 0.15) is 62.6 Å². The van der Waals surface area contributed by atoms with E-state index in [1.54, 1.807) is 16.7 Å². The first-order chi connectivity index (χ1) is 10.3. The topological polar surface area (TPSA) is 12.0 Å². The summed E-state index contributed by atoms with van der Waals surface area (Å²) in [6, 6.07) is 7.96. The molecule has 0 spiro atoms.